The van der Waals surface area contributed by atoms with Crippen LogP contribution < -0.4 is 16.0 Å². The molecule has 0 radical (unpaired) electrons. The van der Waals surface area contributed by atoms with E-state index in [2.05, 4.69) is 25.9 Å². The van der Waals surface area contributed by atoms with Crippen LogP contribution in [-0.2, 0) is 4.79 Å². The fourth-order valence-corrected chi connectivity index (χ4v) is 1.28. The summed E-state index contributed by atoms with van der Waals surface area (Å²) in [5.41, 5.74) is 0.904. The number of anilines is 2. The van der Waals surface area contributed by atoms with E-state index in [4.69, 9.17) is 0 Å². The Balaban J connectivity index is 2.59. The Morgan fingerprint density at radius 1 is 1.47 bits per heavy atom. The maximum atomic E-state index is 11.5. The van der Waals surface area contributed by atoms with Gasteiger partial charge in [0.15, 0.2) is 0 Å². The van der Waals surface area contributed by atoms with Gasteiger partial charge in [0.2, 0.25) is 11.9 Å². The van der Waals surface area contributed by atoms with Crippen LogP contribution in [0.3, 0.4) is 0 Å². The SMILES string of the molecule is CNc1ncc(C)c(NCC(=O)NC(C)C)n1. The van der Waals surface area contributed by atoms with Gasteiger partial charge < -0.3 is 16.0 Å². The summed E-state index contributed by atoms with van der Waals surface area (Å²) in [5.74, 6) is 1.15. The molecule has 1 rings (SSSR count). The van der Waals surface area contributed by atoms with Crippen LogP contribution in [0.2, 0.25) is 0 Å². The summed E-state index contributed by atoms with van der Waals surface area (Å²) >= 11 is 0. The van der Waals surface area contributed by atoms with Crippen molar-refractivity contribution in [3.05, 3.63) is 11.8 Å². The number of hydrogen-bond donors (Lipinski definition) is 3. The molecule has 0 aliphatic carbocycles. The Morgan fingerprint density at radius 2 is 2.18 bits per heavy atom. The van der Waals surface area contributed by atoms with Gasteiger partial charge in [0, 0.05) is 24.8 Å². The standard InChI is InChI=1S/C11H19N5O/c1-7(2)15-9(17)6-13-10-8(3)5-14-11(12-4)16-10/h5,7H,6H2,1-4H3,(H,15,17)(H2,12,13,14,16). The van der Waals surface area contributed by atoms with Gasteiger partial charge in [-0.3, -0.25) is 4.79 Å². The van der Waals surface area contributed by atoms with Gasteiger partial charge in [-0.05, 0) is 20.8 Å². The predicted molar refractivity (Wildman–Crippen MR) is 68.1 cm³/mol. The first-order valence-electron chi connectivity index (χ1n) is 5.57. The number of rotatable bonds is 5. The quantitative estimate of drug-likeness (QED) is 0.704. The van der Waals surface area contributed by atoms with Crippen LogP contribution in [0, 0.1) is 6.92 Å². The van der Waals surface area contributed by atoms with Crippen LogP contribution in [0.1, 0.15) is 19.4 Å². The van der Waals surface area contributed by atoms with E-state index >= 15 is 0 Å². The molecule has 0 bridgehead atoms. The van der Waals surface area contributed by atoms with Crippen molar-refractivity contribution in [3.8, 4) is 0 Å². The first-order chi connectivity index (χ1) is 8.02. The zero-order chi connectivity index (χ0) is 12.8. The van der Waals surface area contributed by atoms with E-state index in [1.807, 2.05) is 20.8 Å². The maximum Gasteiger partial charge on any atom is 0.239 e. The summed E-state index contributed by atoms with van der Waals surface area (Å²) in [6.45, 7) is 5.95. The topological polar surface area (TPSA) is 78.9 Å². The molecule has 0 aliphatic rings. The largest absolute Gasteiger partial charge is 0.361 e. The number of nitrogens with one attached hydrogen (secondary N) is 3. The van der Waals surface area contributed by atoms with Crippen molar-refractivity contribution in [1.29, 1.82) is 0 Å². The molecule has 6 nitrogen and oxygen atoms in total. The number of amides is 1. The Morgan fingerprint density at radius 3 is 2.76 bits per heavy atom. The Hall–Kier alpha value is -1.85. The number of aromatic nitrogens is 2. The average Bonchev–Trinajstić information content (AvgIpc) is 2.27. The monoisotopic (exact) mass is 237 g/mol. The van der Waals surface area contributed by atoms with E-state index in [9.17, 15) is 4.79 Å². The van der Waals surface area contributed by atoms with Gasteiger partial charge in [0.05, 0.1) is 6.54 Å². The van der Waals surface area contributed by atoms with E-state index in [0.29, 0.717) is 11.8 Å². The molecular formula is C11H19N5O. The molecule has 0 spiro atoms. The normalized spacial score (nSPS) is 10.2. The highest BCUT2D eigenvalue weighted by Crippen LogP contribution is 2.11. The van der Waals surface area contributed by atoms with E-state index in [1.54, 1.807) is 13.2 Å². The number of aryl methyl sites for hydroxylation is 1. The Bertz CT molecular complexity index is 391. The molecule has 0 saturated heterocycles. The summed E-state index contributed by atoms with van der Waals surface area (Å²) in [6, 6.07) is 0.142. The molecular weight excluding hydrogens is 218 g/mol. The number of hydrogen-bond acceptors (Lipinski definition) is 5. The van der Waals surface area contributed by atoms with Gasteiger partial charge in [-0.1, -0.05) is 0 Å². The Kier molecular flexibility index (Phi) is 4.68. The fraction of sp³-hybridized carbons (Fsp3) is 0.545. The second-order valence-electron chi connectivity index (χ2n) is 4.05. The van der Waals surface area contributed by atoms with Crippen LogP contribution >= 0.6 is 0 Å². The van der Waals surface area contributed by atoms with E-state index in [1.165, 1.54) is 0 Å². The molecule has 0 unspecified atom stereocenters. The van der Waals surface area contributed by atoms with Crippen molar-refractivity contribution in [3.63, 3.8) is 0 Å². The third-order valence-corrected chi connectivity index (χ3v) is 2.06. The minimum Gasteiger partial charge on any atom is -0.361 e. The van der Waals surface area contributed by atoms with Crippen LogP contribution in [0.5, 0.6) is 0 Å². The third-order valence-electron chi connectivity index (χ3n) is 2.06. The maximum absolute atomic E-state index is 11.5. The van der Waals surface area contributed by atoms with Crippen molar-refractivity contribution >= 4 is 17.7 Å². The van der Waals surface area contributed by atoms with Crippen LogP contribution in [0.4, 0.5) is 11.8 Å². The highest BCUT2D eigenvalue weighted by Gasteiger charge is 2.06. The minimum absolute atomic E-state index is 0.0518. The molecule has 1 amide bonds. The highest BCUT2D eigenvalue weighted by molar-refractivity contribution is 5.80. The summed E-state index contributed by atoms with van der Waals surface area (Å²) < 4.78 is 0. The van der Waals surface area contributed by atoms with Gasteiger partial charge in [0.1, 0.15) is 5.82 Å². The number of carbonyl (C=O) groups excluding carboxylic acids is 1. The van der Waals surface area contributed by atoms with Crippen molar-refractivity contribution in [1.82, 2.24) is 15.3 Å². The molecule has 0 aromatic carbocycles. The van der Waals surface area contributed by atoms with Gasteiger partial charge in [-0.2, -0.15) is 4.98 Å². The van der Waals surface area contributed by atoms with Gasteiger partial charge in [0.25, 0.3) is 0 Å². The lowest BCUT2D eigenvalue weighted by Crippen LogP contribution is -2.35. The lowest BCUT2D eigenvalue weighted by molar-refractivity contribution is -0.119. The zero-order valence-electron chi connectivity index (χ0n) is 10.7. The van der Waals surface area contributed by atoms with Gasteiger partial charge in [-0.15, -0.1) is 0 Å². The molecule has 0 atom stereocenters. The molecule has 6 heteroatoms. The summed E-state index contributed by atoms with van der Waals surface area (Å²) in [4.78, 5) is 19.8. The van der Waals surface area contributed by atoms with Crippen LogP contribution in [0.25, 0.3) is 0 Å². The fourth-order valence-electron chi connectivity index (χ4n) is 1.28. The molecule has 3 N–H and O–H groups in total. The molecule has 0 fully saturated rings. The third kappa shape index (κ3) is 4.26. The van der Waals surface area contributed by atoms with Crippen molar-refractivity contribution in [2.75, 3.05) is 24.2 Å². The first kappa shape index (κ1) is 13.2. The van der Waals surface area contributed by atoms with Crippen molar-refractivity contribution in [2.45, 2.75) is 26.8 Å². The van der Waals surface area contributed by atoms with Crippen molar-refractivity contribution < 1.29 is 4.79 Å². The van der Waals surface area contributed by atoms with E-state index in [-0.39, 0.29) is 18.5 Å². The van der Waals surface area contributed by atoms with E-state index < -0.39 is 0 Å². The van der Waals surface area contributed by atoms with E-state index in [0.717, 1.165) is 5.56 Å². The zero-order valence-corrected chi connectivity index (χ0v) is 10.7. The summed E-state index contributed by atoms with van der Waals surface area (Å²) in [7, 11) is 1.75. The van der Waals surface area contributed by atoms with Crippen molar-refractivity contribution in [2.24, 2.45) is 0 Å². The average molecular weight is 237 g/mol. The molecule has 1 aromatic heterocycles. The van der Waals surface area contributed by atoms with Crippen LogP contribution in [-0.4, -0.2) is 35.5 Å². The smallest absolute Gasteiger partial charge is 0.239 e. The second kappa shape index (κ2) is 6.03. The van der Waals surface area contributed by atoms with Crippen LogP contribution in [0.15, 0.2) is 6.20 Å². The van der Waals surface area contributed by atoms with Gasteiger partial charge >= 0.3 is 0 Å². The molecule has 0 aliphatic heterocycles. The van der Waals surface area contributed by atoms with Gasteiger partial charge in [-0.25, -0.2) is 4.98 Å². The molecule has 1 aromatic rings. The molecule has 0 saturated carbocycles. The summed E-state index contributed by atoms with van der Waals surface area (Å²) in [5, 5.41) is 8.64. The minimum atomic E-state index is -0.0518. The lowest BCUT2D eigenvalue weighted by Gasteiger charge is -2.11. The first-order valence-corrected chi connectivity index (χ1v) is 5.57. The molecule has 17 heavy (non-hydrogen) atoms. The molecule has 1 heterocycles. The summed E-state index contributed by atoms with van der Waals surface area (Å²) in [6.07, 6.45) is 1.71. The Labute approximate surface area is 101 Å². The lowest BCUT2D eigenvalue weighted by atomic mass is 10.3. The highest BCUT2D eigenvalue weighted by atomic mass is 16.1. The molecule has 94 valence electrons. The second-order valence-corrected chi connectivity index (χ2v) is 4.05. The number of nitrogens with zero attached hydrogens (tertiary/aromatic N) is 2. The predicted octanol–water partition coefficient (Wildman–Crippen LogP) is 0.763. The number of carbonyl (C=O) groups is 1.